The monoisotopic (exact) mass is 516 g/mol. The topological polar surface area (TPSA) is 67.2 Å². The van der Waals surface area contributed by atoms with Crippen LogP contribution in [0.25, 0.3) is 16.9 Å². The maximum atomic E-state index is 13.6. The first-order valence-electron chi connectivity index (χ1n) is 12.5. The van der Waals surface area contributed by atoms with Crippen LogP contribution in [0, 0.1) is 17.6 Å². The predicted molar refractivity (Wildman–Crippen MR) is 144 cm³/mol. The highest BCUT2D eigenvalue weighted by molar-refractivity contribution is 5.95. The lowest BCUT2D eigenvalue weighted by atomic mass is 10.1. The molecule has 0 radical (unpaired) electrons. The van der Waals surface area contributed by atoms with Crippen molar-refractivity contribution in [1.82, 2.24) is 14.7 Å². The van der Waals surface area contributed by atoms with Gasteiger partial charge < -0.3 is 10.2 Å². The number of carbonyl (C=O) groups excluding carboxylic acids is 2. The minimum atomic E-state index is -0.385. The van der Waals surface area contributed by atoms with Crippen molar-refractivity contribution in [3.63, 3.8) is 0 Å². The fraction of sp³-hybridized carbons (Fsp3) is 0.233. The number of rotatable bonds is 10. The Bertz CT molecular complexity index is 1370. The highest BCUT2D eigenvalue weighted by atomic mass is 19.1. The van der Waals surface area contributed by atoms with Gasteiger partial charge in [0, 0.05) is 18.2 Å². The van der Waals surface area contributed by atoms with Crippen LogP contribution in [0.5, 0.6) is 0 Å². The molecule has 0 atom stereocenters. The van der Waals surface area contributed by atoms with E-state index in [9.17, 15) is 18.4 Å². The molecular weight excluding hydrogens is 486 g/mol. The van der Waals surface area contributed by atoms with Crippen molar-refractivity contribution in [3.8, 4) is 16.9 Å². The molecule has 0 aliphatic carbocycles. The van der Waals surface area contributed by atoms with E-state index in [1.165, 1.54) is 29.2 Å². The van der Waals surface area contributed by atoms with E-state index in [1.54, 1.807) is 35.0 Å². The van der Waals surface area contributed by atoms with Crippen molar-refractivity contribution < 1.29 is 18.4 Å². The molecule has 1 heterocycles. The molecule has 4 rings (SSSR count). The molecule has 4 aromatic rings. The normalized spacial score (nSPS) is 11.0. The van der Waals surface area contributed by atoms with Gasteiger partial charge in [-0.25, -0.2) is 13.5 Å². The summed E-state index contributed by atoms with van der Waals surface area (Å²) in [7, 11) is 0. The molecule has 0 saturated carbocycles. The SMILES string of the molecule is CC(C)CCN(CC(=O)Nc1cc(-c2ccccc2)nn1-c1ccc(F)cc1)C(=O)Cc1ccc(F)cc1. The molecule has 8 heteroatoms. The van der Waals surface area contributed by atoms with Crippen molar-refractivity contribution in [2.24, 2.45) is 5.92 Å². The Labute approximate surface area is 220 Å². The predicted octanol–water partition coefficient (Wildman–Crippen LogP) is 5.87. The highest BCUT2D eigenvalue weighted by Gasteiger charge is 2.20. The van der Waals surface area contributed by atoms with E-state index in [0.29, 0.717) is 35.2 Å². The maximum absolute atomic E-state index is 13.6. The van der Waals surface area contributed by atoms with Gasteiger partial charge >= 0.3 is 0 Å². The average molecular weight is 517 g/mol. The Kier molecular flexibility index (Phi) is 8.63. The van der Waals surface area contributed by atoms with Gasteiger partial charge in [-0.3, -0.25) is 9.59 Å². The van der Waals surface area contributed by atoms with Crippen LogP contribution < -0.4 is 5.32 Å². The molecule has 1 aromatic heterocycles. The van der Waals surface area contributed by atoms with Crippen molar-refractivity contribution in [3.05, 3.63) is 102 Å². The summed E-state index contributed by atoms with van der Waals surface area (Å²) < 4.78 is 28.4. The Balaban J connectivity index is 1.55. The second kappa shape index (κ2) is 12.3. The van der Waals surface area contributed by atoms with Gasteiger partial charge in [0.25, 0.3) is 0 Å². The van der Waals surface area contributed by atoms with Gasteiger partial charge in [0.1, 0.15) is 17.5 Å². The fourth-order valence-corrected chi connectivity index (χ4v) is 3.95. The summed E-state index contributed by atoms with van der Waals surface area (Å²) in [5.41, 5.74) is 2.74. The van der Waals surface area contributed by atoms with Crippen molar-refractivity contribution in [1.29, 1.82) is 0 Å². The third-order valence-corrected chi connectivity index (χ3v) is 6.05. The zero-order chi connectivity index (χ0) is 27.1. The van der Waals surface area contributed by atoms with Crippen LogP contribution in [0.4, 0.5) is 14.6 Å². The number of amides is 2. The number of nitrogens with one attached hydrogen (secondary N) is 1. The molecule has 0 fully saturated rings. The maximum Gasteiger partial charge on any atom is 0.245 e. The Hall–Kier alpha value is -4.33. The second-order valence-electron chi connectivity index (χ2n) is 9.52. The van der Waals surface area contributed by atoms with E-state index in [0.717, 1.165) is 12.0 Å². The molecule has 0 unspecified atom stereocenters. The minimum Gasteiger partial charge on any atom is -0.333 e. The molecule has 0 bridgehead atoms. The first-order chi connectivity index (χ1) is 18.3. The largest absolute Gasteiger partial charge is 0.333 e. The lowest BCUT2D eigenvalue weighted by Crippen LogP contribution is -2.40. The van der Waals surface area contributed by atoms with E-state index in [-0.39, 0.29) is 36.4 Å². The number of hydrogen-bond acceptors (Lipinski definition) is 3. The highest BCUT2D eigenvalue weighted by Crippen LogP contribution is 2.25. The van der Waals surface area contributed by atoms with Gasteiger partial charge in [0.2, 0.25) is 11.8 Å². The third-order valence-electron chi connectivity index (χ3n) is 6.05. The van der Waals surface area contributed by atoms with Crippen LogP contribution in [0.2, 0.25) is 0 Å². The van der Waals surface area contributed by atoms with Gasteiger partial charge in [-0.15, -0.1) is 0 Å². The molecule has 3 aromatic carbocycles. The van der Waals surface area contributed by atoms with Crippen molar-refractivity contribution in [2.75, 3.05) is 18.4 Å². The lowest BCUT2D eigenvalue weighted by molar-refractivity contribution is -0.134. The van der Waals surface area contributed by atoms with Crippen LogP contribution in [0.3, 0.4) is 0 Å². The fourth-order valence-electron chi connectivity index (χ4n) is 3.95. The summed E-state index contributed by atoms with van der Waals surface area (Å²) >= 11 is 0. The minimum absolute atomic E-state index is 0.0668. The van der Waals surface area contributed by atoms with Crippen LogP contribution in [-0.2, 0) is 16.0 Å². The summed E-state index contributed by atoms with van der Waals surface area (Å²) in [5.74, 6) is -0.614. The number of aromatic nitrogens is 2. The van der Waals surface area contributed by atoms with Crippen LogP contribution in [-0.4, -0.2) is 39.6 Å². The van der Waals surface area contributed by atoms with Crippen LogP contribution in [0.1, 0.15) is 25.8 Å². The molecule has 0 aliphatic rings. The Morgan fingerprint density at radius 1 is 0.921 bits per heavy atom. The van der Waals surface area contributed by atoms with E-state index in [2.05, 4.69) is 24.3 Å². The standard InChI is InChI=1S/C30H30F2N4O2/c1-21(2)16-17-35(30(38)18-22-8-10-24(31)11-9-22)20-29(37)33-28-19-27(23-6-4-3-5-7-23)34-36(28)26-14-12-25(32)13-15-26/h3-15,19,21H,16-18,20H2,1-2H3,(H,33,37). The van der Waals surface area contributed by atoms with Crippen LogP contribution >= 0.6 is 0 Å². The summed E-state index contributed by atoms with van der Waals surface area (Å²) in [4.78, 5) is 27.8. The van der Waals surface area contributed by atoms with Gasteiger partial charge in [0.15, 0.2) is 0 Å². The van der Waals surface area contributed by atoms with Gasteiger partial charge in [-0.05, 0) is 54.3 Å². The first-order valence-corrected chi connectivity index (χ1v) is 12.5. The van der Waals surface area contributed by atoms with Crippen molar-refractivity contribution in [2.45, 2.75) is 26.7 Å². The van der Waals surface area contributed by atoms with E-state index >= 15 is 0 Å². The van der Waals surface area contributed by atoms with Gasteiger partial charge in [-0.1, -0.05) is 56.3 Å². The molecule has 1 N–H and O–H groups in total. The quantitative estimate of drug-likeness (QED) is 0.287. The van der Waals surface area contributed by atoms with Gasteiger partial charge in [0.05, 0.1) is 24.3 Å². The molecule has 0 spiro atoms. The second-order valence-corrected chi connectivity index (χ2v) is 9.52. The zero-order valence-electron chi connectivity index (χ0n) is 21.4. The lowest BCUT2D eigenvalue weighted by Gasteiger charge is -2.23. The molecule has 6 nitrogen and oxygen atoms in total. The molecular formula is C30H30F2N4O2. The third kappa shape index (κ3) is 7.12. The first kappa shape index (κ1) is 26.7. The average Bonchev–Trinajstić information content (AvgIpc) is 3.32. The molecule has 0 aliphatic heterocycles. The summed E-state index contributed by atoms with van der Waals surface area (Å²) in [6.45, 7) is 4.36. The molecule has 2 amide bonds. The summed E-state index contributed by atoms with van der Waals surface area (Å²) in [6, 6.07) is 22.8. The number of halogens is 2. The van der Waals surface area contributed by atoms with E-state index in [4.69, 9.17) is 0 Å². The number of hydrogen-bond donors (Lipinski definition) is 1. The smallest absolute Gasteiger partial charge is 0.245 e. The molecule has 0 saturated heterocycles. The van der Waals surface area contributed by atoms with Crippen LogP contribution in [0.15, 0.2) is 84.9 Å². The van der Waals surface area contributed by atoms with Gasteiger partial charge in [-0.2, -0.15) is 5.10 Å². The number of nitrogens with zero attached hydrogens (tertiary/aromatic N) is 3. The number of carbonyl (C=O) groups is 2. The molecule has 196 valence electrons. The number of anilines is 1. The summed E-state index contributed by atoms with van der Waals surface area (Å²) in [6.07, 6.45) is 0.797. The Morgan fingerprint density at radius 3 is 2.18 bits per heavy atom. The number of benzene rings is 3. The van der Waals surface area contributed by atoms with E-state index in [1.807, 2.05) is 30.3 Å². The van der Waals surface area contributed by atoms with E-state index < -0.39 is 0 Å². The Morgan fingerprint density at radius 2 is 1.55 bits per heavy atom. The summed E-state index contributed by atoms with van der Waals surface area (Å²) in [5, 5.41) is 7.52. The van der Waals surface area contributed by atoms with Crippen molar-refractivity contribution >= 4 is 17.6 Å². The zero-order valence-corrected chi connectivity index (χ0v) is 21.4. The molecule has 38 heavy (non-hydrogen) atoms.